The van der Waals surface area contributed by atoms with Gasteiger partial charge in [-0.3, -0.25) is 5.73 Å². The van der Waals surface area contributed by atoms with E-state index in [9.17, 15) is 4.89 Å². The van der Waals surface area contributed by atoms with Crippen molar-refractivity contribution in [3.8, 4) is 5.75 Å². The van der Waals surface area contributed by atoms with Gasteiger partial charge in [0, 0.05) is 6.42 Å². The average molecular weight is 217 g/mol. The van der Waals surface area contributed by atoms with Crippen molar-refractivity contribution in [1.82, 2.24) is 0 Å². The lowest BCUT2D eigenvalue weighted by Gasteiger charge is -2.21. The maximum atomic E-state index is 10.7. The van der Waals surface area contributed by atoms with Crippen LogP contribution in [0.4, 0.5) is 0 Å². The molecule has 5 N–H and O–H groups in total. The first kappa shape index (κ1) is 11.4. The van der Waals surface area contributed by atoms with E-state index in [1.807, 2.05) is 0 Å². The van der Waals surface area contributed by atoms with Crippen LogP contribution in [0.1, 0.15) is 5.56 Å². The summed E-state index contributed by atoms with van der Waals surface area (Å²) < 4.78 is 0. The van der Waals surface area contributed by atoms with Crippen LogP contribution >= 0.6 is 7.94 Å². The van der Waals surface area contributed by atoms with E-state index in [4.69, 9.17) is 20.6 Å². The summed E-state index contributed by atoms with van der Waals surface area (Å²) in [6.07, 6.45) is 0.0879. The highest BCUT2D eigenvalue weighted by Gasteiger charge is 2.29. The summed E-state index contributed by atoms with van der Waals surface area (Å²) in [4.78, 5) is 28.2. The van der Waals surface area contributed by atoms with Crippen molar-refractivity contribution in [3.63, 3.8) is 0 Å². The van der Waals surface area contributed by atoms with Crippen molar-refractivity contribution in [2.24, 2.45) is 5.73 Å². The molecule has 0 unspecified atom stereocenters. The molecule has 0 spiro atoms. The maximum absolute atomic E-state index is 10.7. The summed E-state index contributed by atoms with van der Waals surface area (Å²) in [6, 6.07) is 6.04. The minimum Gasteiger partial charge on any atom is -0.631 e. The second-order valence-electron chi connectivity index (χ2n) is 3.03. The summed E-state index contributed by atoms with van der Waals surface area (Å²) in [7, 11) is -4.22. The molecule has 0 radical (unpaired) electrons. The average Bonchev–Trinajstić information content (AvgIpc) is 2.07. The molecule has 0 aliphatic carbocycles. The second kappa shape index (κ2) is 4.21. The zero-order valence-electron chi connectivity index (χ0n) is 7.37. The van der Waals surface area contributed by atoms with Gasteiger partial charge in [0.15, 0.2) is 5.78 Å². The van der Waals surface area contributed by atoms with Gasteiger partial charge in [-0.15, -0.1) is 0 Å². The van der Waals surface area contributed by atoms with E-state index >= 15 is 0 Å². The molecule has 0 aliphatic rings. The molecule has 0 saturated heterocycles. The Bertz CT molecular complexity index is 295. The predicted octanol–water partition coefficient (Wildman–Crippen LogP) is -0.673. The molecule has 6 heteroatoms. The van der Waals surface area contributed by atoms with Gasteiger partial charge in [0.05, 0.1) is 0 Å². The predicted molar refractivity (Wildman–Crippen MR) is 51.1 cm³/mol. The summed E-state index contributed by atoms with van der Waals surface area (Å²) in [6.45, 7) is 0. The molecule has 0 aromatic heterocycles. The van der Waals surface area contributed by atoms with Crippen molar-refractivity contribution < 1.29 is 19.8 Å². The van der Waals surface area contributed by atoms with Gasteiger partial charge in [-0.05, 0) is 17.7 Å². The first-order valence-electron chi connectivity index (χ1n) is 3.98. The van der Waals surface area contributed by atoms with E-state index < -0.39 is 13.7 Å². The van der Waals surface area contributed by atoms with Crippen LogP contribution < -0.4 is 10.6 Å². The number of phenolic OH excluding ortho intramolecular Hbond substituents is 1. The molecular weight excluding hydrogens is 205 g/mol. The molecule has 0 aliphatic heterocycles. The minimum absolute atomic E-state index is 0.0879. The minimum atomic E-state index is -4.22. The molecule has 0 saturated carbocycles. The number of hydrogen-bond donors (Lipinski definition) is 4. The molecule has 1 aromatic carbocycles. The number of rotatable bonds is 3. The van der Waals surface area contributed by atoms with E-state index in [1.165, 1.54) is 12.1 Å². The van der Waals surface area contributed by atoms with E-state index in [0.29, 0.717) is 5.56 Å². The molecule has 5 nitrogen and oxygen atoms in total. The fourth-order valence-corrected chi connectivity index (χ4v) is 1.44. The number of phenols is 1. The highest BCUT2D eigenvalue weighted by molar-refractivity contribution is 7.57. The van der Waals surface area contributed by atoms with E-state index in [1.54, 1.807) is 12.1 Å². The smallest absolute Gasteiger partial charge is 0.247 e. The van der Waals surface area contributed by atoms with Gasteiger partial charge in [0.1, 0.15) is 5.75 Å². The Labute approximate surface area is 82.0 Å². The van der Waals surface area contributed by atoms with Crippen LogP contribution in [0.15, 0.2) is 24.3 Å². The van der Waals surface area contributed by atoms with Crippen LogP contribution in [0.5, 0.6) is 5.75 Å². The van der Waals surface area contributed by atoms with Gasteiger partial charge < -0.3 is 10.00 Å². The number of nitrogens with two attached hydrogens (primary N) is 1. The Balaban J connectivity index is 2.65. The molecular formula is C8H12NO4P. The standard InChI is InChI=1S/C8H12NO4P/c9-8(14(11,12)13)5-6-1-3-7(10)4-2-6/h1-4,8,10H,5,9H2,(H2,11,12,13)/t8-/m1/s1. The van der Waals surface area contributed by atoms with E-state index in [-0.39, 0.29) is 12.2 Å². The molecule has 1 atom stereocenters. The Morgan fingerprint density at radius 2 is 1.79 bits per heavy atom. The fraction of sp³-hybridized carbons (Fsp3) is 0.250. The van der Waals surface area contributed by atoms with Crippen LogP contribution in [0.25, 0.3) is 0 Å². The van der Waals surface area contributed by atoms with Crippen molar-refractivity contribution in [2.45, 2.75) is 12.2 Å². The summed E-state index contributed by atoms with van der Waals surface area (Å²) in [5, 5.41) is 8.97. The van der Waals surface area contributed by atoms with Gasteiger partial charge >= 0.3 is 0 Å². The highest BCUT2D eigenvalue weighted by atomic mass is 31.2. The van der Waals surface area contributed by atoms with Gasteiger partial charge in [0.25, 0.3) is 0 Å². The SMILES string of the molecule is N[C@@H](Cc1ccc(O)cc1)[P+]([O-])(O)O. The fourth-order valence-electron chi connectivity index (χ4n) is 0.992. The van der Waals surface area contributed by atoms with Crippen LogP contribution in [0.2, 0.25) is 0 Å². The van der Waals surface area contributed by atoms with Crippen molar-refractivity contribution >= 4 is 7.94 Å². The van der Waals surface area contributed by atoms with Gasteiger partial charge in [-0.25, -0.2) is 9.79 Å². The summed E-state index contributed by atoms with van der Waals surface area (Å²) in [5.74, 6) is -1.08. The van der Waals surface area contributed by atoms with Gasteiger partial charge in [0.2, 0.25) is 7.94 Å². The topological polar surface area (TPSA) is 110 Å². The molecule has 1 aromatic rings. The largest absolute Gasteiger partial charge is 0.631 e. The lowest BCUT2D eigenvalue weighted by atomic mass is 10.1. The summed E-state index contributed by atoms with van der Waals surface area (Å²) in [5.41, 5.74) is 5.97. The molecule has 0 fully saturated rings. The van der Waals surface area contributed by atoms with E-state index in [0.717, 1.165) is 0 Å². The third kappa shape index (κ3) is 3.21. The number of hydrogen-bond acceptors (Lipinski definition) is 5. The van der Waals surface area contributed by atoms with Crippen molar-refractivity contribution in [1.29, 1.82) is 0 Å². The monoisotopic (exact) mass is 217 g/mol. The van der Waals surface area contributed by atoms with Crippen molar-refractivity contribution in [2.75, 3.05) is 0 Å². The molecule has 14 heavy (non-hydrogen) atoms. The van der Waals surface area contributed by atoms with E-state index in [2.05, 4.69) is 0 Å². The van der Waals surface area contributed by atoms with Crippen LogP contribution in [-0.4, -0.2) is 20.7 Å². The lowest BCUT2D eigenvalue weighted by Crippen LogP contribution is -2.32. The molecule has 78 valence electrons. The Morgan fingerprint density at radius 3 is 2.21 bits per heavy atom. The zero-order chi connectivity index (χ0) is 10.8. The Kier molecular flexibility index (Phi) is 3.42. The number of benzene rings is 1. The quantitative estimate of drug-likeness (QED) is 0.502. The first-order valence-corrected chi connectivity index (χ1v) is 5.66. The van der Waals surface area contributed by atoms with Crippen LogP contribution in [-0.2, 0) is 6.42 Å². The molecule has 0 heterocycles. The highest BCUT2D eigenvalue weighted by Crippen LogP contribution is 2.43. The second-order valence-corrected chi connectivity index (χ2v) is 4.87. The maximum Gasteiger partial charge on any atom is 0.247 e. The van der Waals surface area contributed by atoms with Crippen LogP contribution in [0.3, 0.4) is 0 Å². The number of aromatic hydroxyl groups is 1. The first-order chi connectivity index (χ1) is 6.39. The lowest BCUT2D eigenvalue weighted by molar-refractivity contribution is -0.211. The Hall–Kier alpha value is -0.710. The van der Waals surface area contributed by atoms with Crippen LogP contribution in [0, 0.1) is 0 Å². The molecule has 0 amide bonds. The zero-order valence-corrected chi connectivity index (χ0v) is 8.26. The molecule has 0 bridgehead atoms. The van der Waals surface area contributed by atoms with Crippen molar-refractivity contribution in [3.05, 3.63) is 29.8 Å². The molecule has 1 rings (SSSR count). The Morgan fingerprint density at radius 1 is 1.29 bits per heavy atom. The third-order valence-corrected chi connectivity index (χ3v) is 2.86. The summed E-state index contributed by atoms with van der Waals surface area (Å²) >= 11 is 0. The normalized spacial score (nSPS) is 14.0. The van der Waals surface area contributed by atoms with Gasteiger partial charge in [-0.2, -0.15) is 0 Å². The van der Waals surface area contributed by atoms with Gasteiger partial charge in [-0.1, -0.05) is 12.1 Å². The third-order valence-electron chi connectivity index (χ3n) is 1.81.